The molecule has 23 heavy (non-hydrogen) atoms. The van der Waals surface area contributed by atoms with E-state index in [9.17, 15) is 20.1 Å². The van der Waals surface area contributed by atoms with Crippen molar-refractivity contribution in [2.45, 2.75) is 44.6 Å². The molecule has 4 nitrogen and oxygen atoms in total. The Labute approximate surface area is 136 Å². The SMILES string of the molecule is O=C(O)CC1(Cc2ccc(O)cc2)C2CC3CC1CC(C2)C3O. The third-order valence-electron chi connectivity index (χ3n) is 6.89. The molecule has 0 atom stereocenters. The zero-order chi connectivity index (χ0) is 16.2. The molecule has 4 aliphatic rings. The zero-order valence-corrected chi connectivity index (χ0v) is 13.2. The predicted octanol–water partition coefficient (Wildman–Crippen LogP) is 2.82. The van der Waals surface area contributed by atoms with Crippen LogP contribution in [-0.4, -0.2) is 27.4 Å². The summed E-state index contributed by atoms with van der Waals surface area (Å²) in [4.78, 5) is 11.6. The molecular formula is C19H24O4. The van der Waals surface area contributed by atoms with E-state index >= 15 is 0 Å². The van der Waals surface area contributed by atoms with Crippen LogP contribution in [-0.2, 0) is 11.2 Å². The summed E-state index contributed by atoms with van der Waals surface area (Å²) in [7, 11) is 0. The van der Waals surface area contributed by atoms with Crippen LogP contribution in [0, 0.1) is 29.1 Å². The number of hydrogen-bond acceptors (Lipinski definition) is 3. The third kappa shape index (κ3) is 2.35. The first-order valence-corrected chi connectivity index (χ1v) is 8.66. The standard InChI is InChI=1S/C19H24O4/c20-16-3-1-11(2-4-16)9-19(10-17(21)22)14-5-12-6-15(19)8-13(7-14)18(12)23/h1-4,12-15,18,20,23H,5-10H2,(H,21,22). The summed E-state index contributed by atoms with van der Waals surface area (Å²) in [6.45, 7) is 0. The summed E-state index contributed by atoms with van der Waals surface area (Å²) in [6, 6.07) is 7.20. The van der Waals surface area contributed by atoms with Gasteiger partial charge in [0, 0.05) is 0 Å². The average Bonchev–Trinajstić information content (AvgIpc) is 2.47. The number of aliphatic hydroxyl groups excluding tert-OH is 1. The average molecular weight is 316 g/mol. The van der Waals surface area contributed by atoms with Crippen molar-refractivity contribution in [3.63, 3.8) is 0 Å². The number of aliphatic carboxylic acids is 1. The number of aliphatic hydroxyl groups is 1. The predicted molar refractivity (Wildman–Crippen MR) is 84.9 cm³/mol. The van der Waals surface area contributed by atoms with Crippen molar-refractivity contribution in [3.05, 3.63) is 29.8 Å². The number of aromatic hydroxyl groups is 1. The van der Waals surface area contributed by atoms with Crippen LogP contribution >= 0.6 is 0 Å². The minimum absolute atomic E-state index is 0.168. The molecule has 124 valence electrons. The van der Waals surface area contributed by atoms with Crippen molar-refractivity contribution in [2.24, 2.45) is 29.1 Å². The van der Waals surface area contributed by atoms with Gasteiger partial charge in [-0.3, -0.25) is 4.79 Å². The highest BCUT2D eigenvalue weighted by Gasteiger charge is 2.60. The van der Waals surface area contributed by atoms with Crippen molar-refractivity contribution in [1.29, 1.82) is 0 Å². The fraction of sp³-hybridized carbons (Fsp3) is 0.632. The van der Waals surface area contributed by atoms with Gasteiger partial charge in [-0.2, -0.15) is 0 Å². The fourth-order valence-corrected chi connectivity index (χ4v) is 5.98. The highest BCUT2D eigenvalue weighted by atomic mass is 16.4. The van der Waals surface area contributed by atoms with E-state index in [1.54, 1.807) is 12.1 Å². The highest BCUT2D eigenvalue weighted by Crippen LogP contribution is 2.64. The molecule has 3 N–H and O–H groups in total. The molecule has 0 radical (unpaired) electrons. The van der Waals surface area contributed by atoms with Crippen molar-refractivity contribution in [2.75, 3.05) is 0 Å². The Balaban J connectivity index is 1.67. The van der Waals surface area contributed by atoms with E-state index < -0.39 is 5.97 Å². The topological polar surface area (TPSA) is 77.8 Å². The maximum Gasteiger partial charge on any atom is 0.303 e. The van der Waals surface area contributed by atoms with Crippen molar-refractivity contribution in [3.8, 4) is 5.75 Å². The summed E-state index contributed by atoms with van der Waals surface area (Å²) in [6.07, 6.45) is 4.71. The molecule has 0 spiro atoms. The normalized spacial score (nSPS) is 41.2. The fourth-order valence-electron chi connectivity index (χ4n) is 5.98. The van der Waals surface area contributed by atoms with Crippen LogP contribution < -0.4 is 0 Å². The van der Waals surface area contributed by atoms with Gasteiger partial charge < -0.3 is 15.3 Å². The van der Waals surface area contributed by atoms with E-state index in [4.69, 9.17) is 0 Å². The van der Waals surface area contributed by atoms with E-state index in [0.29, 0.717) is 23.7 Å². The molecule has 0 unspecified atom stereocenters. The molecule has 0 aliphatic heterocycles. The maximum atomic E-state index is 11.6. The third-order valence-corrected chi connectivity index (χ3v) is 6.89. The zero-order valence-electron chi connectivity index (χ0n) is 13.2. The first-order valence-electron chi connectivity index (χ1n) is 8.66. The Kier molecular flexibility index (Phi) is 3.41. The molecule has 4 aliphatic carbocycles. The Hall–Kier alpha value is -1.55. The van der Waals surface area contributed by atoms with Gasteiger partial charge in [0.1, 0.15) is 5.75 Å². The lowest BCUT2D eigenvalue weighted by Gasteiger charge is -2.62. The molecule has 0 aromatic heterocycles. The van der Waals surface area contributed by atoms with E-state index in [1.165, 1.54) is 0 Å². The molecule has 4 bridgehead atoms. The molecule has 1 aromatic rings. The number of carboxylic acids is 1. The number of carbonyl (C=O) groups is 1. The molecule has 5 rings (SSSR count). The van der Waals surface area contributed by atoms with E-state index in [1.807, 2.05) is 12.1 Å². The van der Waals surface area contributed by atoms with Crippen LogP contribution in [0.4, 0.5) is 0 Å². The van der Waals surface area contributed by atoms with Crippen LogP contribution in [0.2, 0.25) is 0 Å². The molecule has 0 saturated heterocycles. The highest BCUT2D eigenvalue weighted by molar-refractivity contribution is 5.68. The smallest absolute Gasteiger partial charge is 0.303 e. The van der Waals surface area contributed by atoms with Gasteiger partial charge >= 0.3 is 5.97 Å². The van der Waals surface area contributed by atoms with Crippen LogP contribution in [0.5, 0.6) is 5.75 Å². The van der Waals surface area contributed by atoms with Crippen molar-refractivity contribution < 1.29 is 20.1 Å². The minimum atomic E-state index is -0.711. The van der Waals surface area contributed by atoms with Gasteiger partial charge in [-0.25, -0.2) is 0 Å². The Morgan fingerprint density at radius 2 is 1.57 bits per heavy atom. The van der Waals surface area contributed by atoms with Crippen molar-refractivity contribution >= 4 is 5.97 Å². The number of phenolic OH excluding ortho intramolecular Hbond substituents is 1. The quantitative estimate of drug-likeness (QED) is 0.798. The van der Waals surface area contributed by atoms with Crippen LogP contribution in [0.3, 0.4) is 0 Å². The summed E-state index contributed by atoms with van der Waals surface area (Å²) in [5.74, 6) is 1.08. The minimum Gasteiger partial charge on any atom is -0.508 e. The molecule has 4 heteroatoms. The molecule has 1 aromatic carbocycles. The monoisotopic (exact) mass is 316 g/mol. The van der Waals surface area contributed by atoms with Gasteiger partial charge in [0.2, 0.25) is 0 Å². The number of hydrogen-bond donors (Lipinski definition) is 3. The Morgan fingerprint density at radius 1 is 1.04 bits per heavy atom. The number of carboxylic acid groups (broad SMARTS) is 1. The lowest BCUT2D eigenvalue weighted by Crippen LogP contribution is -2.59. The summed E-state index contributed by atoms with van der Waals surface area (Å²) in [5, 5.41) is 29.4. The van der Waals surface area contributed by atoms with E-state index in [0.717, 1.165) is 37.7 Å². The van der Waals surface area contributed by atoms with Gasteiger partial charge in [0.15, 0.2) is 0 Å². The second-order valence-electron chi connectivity index (χ2n) is 7.99. The number of rotatable bonds is 4. The molecule has 4 saturated carbocycles. The summed E-state index contributed by atoms with van der Waals surface area (Å²) < 4.78 is 0. The van der Waals surface area contributed by atoms with E-state index in [-0.39, 0.29) is 23.7 Å². The number of phenols is 1. The van der Waals surface area contributed by atoms with Gasteiger partial charge in [-0.15, -0.1) is 0 Å². The lowest BCUT2D eigenvalue weighted by atomic mass is 9.42. The van der Waals surface area contributed by atoms with Crippen LogP contribution in [0.1, 0.15) is 37.7 Å². The number of benzene rings is 1. The first-order chi connectivity index (χ1) is 11.0. The summed E-state index contributed by atoms with van der Waals surface area (Å²) in [5.41, 5.74) is 0.924. The molecule has 4 fully saturated rings. The van der Waals surface area contributed by atoms with Gasteiger partial charge in [-0.1, -0.05) is 12.1 Å². The lowest BCUT2D eigenvalue weighted by molar-refractivity contribution is -0.178. The molecular weight excluding hydrogens is 292 g/mol. The summed E-state index contributed by atoms with van der Waals surface area (Å²) >= 11 is 0. The van der Waals surface area contributed by atoms with Crippen LogP contribution in [0.25, 0.3) is 0 Å². The Morgan fingerprint density at radius 3 is 2.04 bits per heavy atom. The largest absolute Gasteiger partial charge is 0.508 e. The van der Waals surface area contributed by atoms with Gasteiger partial charge in [0.05, 0.1) is 12.5 Å². The van der Waals surface area contributed by atoms with Gasteiger partial charge in [0.25, 0.3) is 0 Å². The molecule has 0 amide bonds. The second-order valence-corrected chi connectivity index (χ2v) is 7.99. The van der Waals surface area contributed by atoms with Gasteiger partial charge in [-0.05, 0) is 78.9 Å². The van der Waals surface area contributed by atoms with E-state index in [2.05, 4.69) is 0 Å². The van der Waals surface area contributed by atoms with Crippen molar-refractivity contribution in [1.82, 2.24) is 0 Å². The van der Waals surface area contributed by atoms with Crippen LogP contribution in [0.15, 0.2) is 24.3 Å². The molecule has 0 heterocycles. The maximum absolute atomic E-state index is 11.6. The first kappa shape index (κ1) is 15.0. The second kappa shape index (κ2) is 5.23. The Bertz CT molecular complexity index is 576.